The maximum absolute atomic E-state index is 12.6. The van der Waals surface area contributed by atoms with Crippen LogP contribution in [-0.2, 0) is 19.6 Å². The van der Waals surface area contributed by atoms with Gasteiger partial charge in [-0.25, -0.2) is 4.98 Å². The molecule has 4 rings (SSSR count). The molecule has 0 aliphatic heterocycles. The van der Waals surface area contributed by atoms with Crippen LogP contribution in [0.4, 0.5) is 0 Å². The highest BCUT2D eigenvalue weighted by atomic mass is 16.1. The van der Waals surface area contributed by atoms with E-state index in [1.165, 1.54) is 0 Å². The summed E-state index contributed by atoms with van der Waals surface area (Å²) in [6.45, 7) is 3.92. The summed E-state index contributed by atoms with van der Waals surface area (Å²) in [6.07, 6.45) is 3.65. The van der Waals surface area contributed by atoms with Crippen LogP contribution in [0.2, 0.25) is 0 Å². The molecule has 1 N–H and O–H groups in total. The molecule has 2 heterocycles. The molecule has 0 saturated heterocycles. The molecule has 6 nitrogen and oxygen atoms in total. The van der Waals surface area contributed by atoms with E-state index in [1.54, 1.807) is 6.20 Å². The fourth-order valence-electron chi connectivity index (χ4n) is 3.27. The minimum absolute atomic E-state index is 0.105. The SMILES string of the molecule is CCn1c(CNC(=O)c2cccc(Cn3cccn3)c2)nc2ccccc21. The van der Waals surface area contributed by atoms with Crippen molar-refractivity contribution in [1.29, 1.82) is 0 Å². The number of aryl methyl sites for hydroxylation is 1. The Bertz CT molecular complexity index is 1070. The number of para-hydroxylation sites is 2. The highest BCUT2D eigenvalue weighted by molar-refractivity contribution is 5.94. The van der Waals surface area contributed by atoms with Crippen molar-refractivity contribution in [2.45, 2.75) is 26.6 Å². The summed E-state index contributed by atoms with van der Waals surface area (Å²) in [5.41, 5.74) is 3.71. The smallest absolute Gasteiger partial charge is 0.251 e. The van der Waals surface area contributed by atoms with Crippen molar-refractivity contribution in [3.05, 3.63) is 83.9 Å². The van der Waals surface area contributed by atoms with Crippen molar-refractivity contribution < 1.29 is 4.79 Å². The molecule has 0 aliphatic rings. The van der Waals surface area contributed by atoms with E-state index in [0.29, 0.717) is 18.7 Å². The van der Waals surface area contributed by atoms with E-state index >= 15 is 0 Å². The van der Waals surface area contributed by atoms with Crippen LogP contribution in [0.1, 0.15) is 28.7 Å². The molecular formula is C21H21N5O. The number of carbonyl (C=O) groups excluding carboxylic acids is 1. The molecule has 4 aromatic rings. The molecule has 2 aromatic carbocycles. The number of amides is 1. The lowest BCUT2D eigenvalue weighted by Crippen LogP contribution is -2.24. The second-order valence-electron chi connectivity index (χ2n) is 6.35. The van der Waals surface area contributed by atoms with Crippen molar-refractivity contribution in [3.63, 3.8) is 0 Å². The number of carbonyl (C=O) groups is 1. The molecule has 0 atom stereocenters. The molecule has 2 aromatic heterocycles. The molecule has 0 fully saturated rings. The highest BCUT2D eigenvalue weighted by Gasteiger charge is 2.11. The fourth-order valence-corrected chi connectivity index (χ4v) is 3.27. The zero-order valence-electron chi connectivity index (χ0n) is 15.2. The van der Waals surface area contributed by atoms with E-state index in [2.05, 4.69) is 33.0 Å². The zero-order valence-corrected chi connectivity index (χ0v) is 15.2. The Morgan fingerprint density at radius 2 is 2.00 bits per heavy atom. The quantitative estimate of drug-likeness (QED) is 0.575. The summed E-state index contributed by atoms with van der Waals surface area (Å²) >= 11 is 0. The third-order valence-corrected chi connectivity index (χ3v) is 4.55. The number of nitrogens with one attached hydrogen (secondary N) is 1. The Labute approximate surface area is 157 Å². The number of aromatic nitrogens is 4. The van der Waals surface area contributed by atoms with Crippen LogP contribution in [0.3, 0.4) is 0 Å². The van der Waals surface area contributed by atoms with Crippen LogP contribution >= 0.6 is 0 Å². The number of nitrogens with zero attached hydrogens (tertiary/aromatic N) is 4. The van der Waals surface area contributed by atoms with Gasteiger partial charge in [0.15, 0.2) is 0 Å². The predicted octanol–water partition coefficient (Wildman–Crippen LogP) is 3.23. The monoisotopic (exact) mass is 359 g/mol. The lowest BCUT2D eigenvalue weighted by atomic mass is 10.1. The van der Waals surface area contributed by atoms with E-state index in [0.717, 1.165) is 29.0 Å². The van der Waals surface area contributed by atoms with Crippen molar-refractivity contribution in [1.82, 2.24) is 24.6 Å². The van der Waals surface area contributed by atoms with E-state index in [4.69, 9.17) is 0 Å². The first kappa shape index (κ1) is 17.0. The van der Waals surface area contributed by atoms with Gasteiger partial charge in [0.1, 0.15) is 5.82 Å². The van der Waals surface area contributed by atoms with Gasteiger partial charge in [0.25, 0.3) is 5.91 Å². The van der Waals surface area contributed by atoms with E-state index in [9.17, 15) is 4.79 Å². The van der Waals surface area contributed by atoms with Crippen LogP contribution < -0.4 is 5.32 Å². The van der Waals surface area contributed by atoms with Crippen LogP contribution in [-0.4, -0.2) is 25.2 Å². The Morgan fingerprint density at radius 3 is 2.81 bits per heavy atom. The summed E-state index contributed by atoms with van der Waals surface area (Å²) < 4.78 is 3.96. The Hall–Kier alpha value is -3.41. The molecule has 27 heavy (non-hydrogen) atoms. The van der Waals surface area contributed by atoms with Crippen molar-refractivity contribution in [2.24, 2.45) is 0 Å². The first-order chi connectivity index (χ1) is 13.2. The third-order valence-electron chi connectivity index (χ3n) is 4.55. The van der Waals surface area contributed by atoms with Gasteiger partial charge in [-0.2, -0.15) is 5.10 Å². The zero-order chi connectivity index (χ0) is 18.6. The fraction of sp³-hybridized carbons (Fsp3) is 0.190. The Balaban J connectivity index is 1.48. The normalized spacial score (nSPS) is 11.0. The van der Waals surface area contributed by atoms with Gasteiger partial charge in [0, 0.05) is 24.5 Å². The molecule has 6 heteroatoms. The highest BCUT2D eigenvalue weighted by Crippen LogP contribution is 2.16. The second-order valence-corrected chi connectivity index (χ2v) is 6.35. The first-order valence-corrected chi connectivity index (χ1v) is 9.03. The van der Waals surface area contributed by atoms with E-state index in [1.807, 2.05) is 59.4 Å². The summed E-state index contributed by atoms with van der Waals surface area (Å²) in [5, 5.41) is 7.20. The molecule has 0 spiro atoms. The largest absolute Gasteiger partial charge is 0.345 e. The van der Waals surface area contributed by atoms with E-state index < -0.39 is 0 Å². The van der Waals surface area contributed by atoms with Gasteiger partial charge in [0.05, 0.1) is 24.1 Å². The van der Waals surface area contributed by atoms with Gasteiger partial charge in [-0.05, 0) is 42.8 Å². The number of hydrogen-bond acceptors (Lipinski definition) is 3. The van der Waals surface area contributed by atoms with Gasteiger partial charge >= 0.3 is 0 Å². The lowest BCUT2D eigenvalue weighted by molar-refractivity contribution is 0.0949. The number of benzene rings is 2. The Kier molecular flexibility index (Phi) is 4.70. The Morgan fingerprint density at radius 1 is 1.11 bits per heavy atom. The van der Waals surface area contributed by atoms with Crippen molar-refractivity contribution >= 4 is 16.9 Å². The second kappa shape index (κ2) is 7.45. The minimum Gasteiger partial charge on any atom is -0.345 e. The van der Waals surface area contributed by atoms with Gasteiger partial charge in [-0.15, -0.1) is 0 Å². The molecule has 0 bridgehead atoms. The van der Waals surface area contributed by atoms with E-state index in [-0.39, 0.29) is 5.91 Å². The van der Waals surface area contributed by atoms with Crippen LogP contribution in [0.5, 0.6) is 0 Å². The molecule has 136 valence electrons. The molecule has 1 amide bonds. The number of fused-ring (bicyclic) bond motifs is 1. The van der Waals surface area contributed by atoms with Crippen LogP contribution in [0.25, 0.3) is 11.0 Å². The maximum Gasteiger partial charge on any atom is 0.251 e. The summed E-state index contributed by atoms with van der Waals surface area (Å²) in [5.74, 6) is 0.756. The van der Waals surface area contributed by atoms with Gasteiger partial charge < -0.3 is 9.88 Å². The summed E-state index contributed by atoms with van der Waals surface area (Å²) in [4.78, 5) is 17.3. The molecule has 0 aliphatic carbocycles. The molecule has 0 unspecified atom stereocenters. The molecular weight excluding hydrogens is 338 g/mol. The molecule has 0 radical (unpaired) electrons. The first-order valence-electron chi connectivity index (χ1n) is 9.03. The number of imidazole rings is 1. The van der Waals surface area contributed by atoms with Crippen molar-refractivity contribution in [3.8, 4) is 0 Å². The summed E-state index contributed by atoms with van der Waals surface area (Å²) in [7, 11) is 0. The van der Waals surface area contributed by atoms with Gasteiger partial charge in [0.2, 0.25) is 0 Å². The summed E-state index contributed by atoms with van der Waals surface area (Å²) in [6, 6.07) is 17.5. The average molecular weight is 359 g/mol. The van der Waals surface area contributed by atoms with Crippen molar-refractivity contribution in [2.75, 3.05) is 0 Å². The van der Waals surface area contributed by atoms with Crippen LogP contribution in [0, 0.1) is 0 Å². The third kappa shape index (κ3) is 3.60. The van der Waals surface area contributed by atoms with Gasteiger partial charge in [-0.1, -0.05) is 24.3 Å². The van der Waals surface area contributed by atoms with Gasteiger partial charge in [-0.3, -0.25) is 9.48 Å². The lowest BCUT2D eigenvalue weighted by Gasteiger charge is -2.09. The minimum atomic E-state index is -0.105. The topological polar surface area (TPSA) is 64.7 Å². The predicted molar refractivity (Wildman–Crippen MR) is 104 cm³/mol. The van der Waals surface area contributed by atoms with Crippen LogP contribution in [0.15, 0.2) is 67.0 Å². The number of rotatable bonds is 6. The average Bonchev–Trinajstić information content (AvgIpc) is 3.33. The maximum atomic E-state index is 12.6. The standard InChI is InChI=1S/C21H21N5O/c1-2-26-19-10-4-3-9-18(19)24-20(26)14-22-21(27)17-8-5-7-16(13-17)15-25-12-6-11-23-25/h3-13H,2,14-15H2,1H3,(H,22,27). The molecule has 0 saturated carbocycles. The number of hydrogen-bond donors (Lipinski definition) is 1.